The molecule has 1 aliphatic carbocycles. The van der Waals surface area contributed by atoms with Gasteiger partial charge in [-0.05, 0) is 30.7 Å². The third kappa shape index (κ3) is 2.07. The molecule has 0 radical (unpaired) electrons. The van der Waals surface area contributed by atoms with Crippen LogP contribution >= 0.6 is 0 Å². The van der Waals surface area contributed by atoms with E-state index in [2.05, 4.69) is 39.0 Å². The van der Waals surface area contributed by atoms with E-state index in [1.807, 2.05) is 12.1 Å². The van der Waals surface area contributed by atoms with Crippen LogP contribution in [0.3, 0.4) is 0 Å². The fourth-order valence-corrected chi connectivity index (χ4v) is 4.13. The van der Waals surface area contributed by atoms with E-state index in [0.29, 0.717) is 23.7 Å². The second-order valence-corrected chi connectivity index (χ2v) is 6.31. The van der Waals surface area contributed by atoms with Crippen LogP contribution in [0.4, 0.5) is 0 Å². The highest BCUT2D eigenvalue weighted by molar-refractivity contribution is 5.37. The SMILES string of the molecule is COc1ccccc1[C@H]1OC[C@@H]2[C@H](C)[C@H]1C(C)=C[C@@H]2C. The number of rotatable bonds is 2. The summed E-state index contributed by atoms with van der Waals surface area (Å²) >= 11 is 0. The molecule has 5 atom stereocenters. The van der Waals surface area contributed by atoms with Crippen LogP contribution < -0.4 is 4.74 Å². The van der Waals surface area contributed by atoms with E-state index in [1.54, 1.807) is 7.11 Å². The zero-order valence-corrected chi connectivity index (χ0v) is 12.8. The van der Waals surface area contributed by atoms with E-state index in [4.69, 9.17) is 9.47 Å². The number of ether oxygens (including phenoxy) is 2. The molecule has 1 heterocycles. The summed E-state index contributed by atoms with van der Waals surface area (Å²) in [5.74, 6) is 3.35. The molecule has 0 aromatic heterocycles. The molecule has 1 aromatic rings. The summed E-state index contributed by atoms with van der Waals surface area (Å²) in [5, 5.41) is 0. The Morgan fingerprint density at radius 2 is 1.95 bits per heavy atom. The van der Waals surface area contributed by atoms with Crippen LogP contribution in [0.2, 0.25) is 0 Å². The summed E-state index contributed by atoms with van der Waals surface area (Å²) in [6, 6.07) is 8.26. The molecule has 2 heteroatoms. The van der Waals surface area contributed by atoms with Gasteiger partial charge in [-0.15, -0.1) is 0 Å². The number of hydrogen-bond donors (Lipinski definition) is 0. The molecular formula is C18H24O2. The number of hydrogen-bond acceptors (Lipinski definition) is 2. The lowest BCUT2D eigenvalue weighted by molar-refractivity contribution is -0.0941. The van der Waals surface area contributed by atoms with E-state index in [1.165, 1.54) is 11.1 Å². The fourth-order valence-electron chi connectivity index (χ4n) is 4.13. The molecule has 2 aliphatic rings. The summed E-state index contributed by atoms with van der Waals surface area (Å²) in [6.45, 7) is 7.80. The lowest BCUT2D eigenvalue weighted by Crippen LogP contribution is -2.42. The van der Waals surface area contributed by atoms with Gasteiger partial charge in [0, 0.05) is 11.5 Å². The van der Waals surface area contributed by atoms with Crippen molar-refractivity contribution >= 4 is 0 Å². The first kappa shape index (κ1) is 13.7. The first-order valence-corrected chi connectivity index (χ1v) is 7.56. The van der Waals surface area contributed by atoms with Gasteiger partial charge in [-0.2, -0.15) is 0 Å². The van der Waals surface area contributed by atoms with Crippen molar-refractivity contribution in [1.82, 2.24) is 0 Å². The molecular weight excluding hydrogens is 248 g/mol. The standard InChI is InChI=1S/C18H24O2/c1-11-9-12(2)17-13(3)15(11)10-20-18(17)14-7-5-6-8-16(14)19-4/h5-9,11,13,15,17-18H,10H2,1-4H3/t11-,13-,15-,17+,18+/m0/s1. The van der Waals surface area contributed by atoms with Crippen LogP contribution in [0, 0.1) is 23.7 Å². The first-order chi connectivity index (χ1) is 9.63. The van der Waals surface area contributed by atoms with Gasteiger partial charge in [-0.25, -0.2) is 0 Å². The normalized spacial score (nSPS) is 36.4. The Morgan fingerprint density at radius 1 is 1.20 bits per heavy atom. The van der Waals surface area contributed by atoms with Crippen molar-refractivity contribution in [3.05, 3.63) is 41.5 Å². The molecule has 3 rings (SSSR count). The Morgan fingerprint density at radius 3 is 2.70 bits per heavy atom. The Kier molecular flexibility index (Phi) is 3.59. The molecule has 108 valence electrons. The van der Waals surface area contributed by atoms with Crippen molar-refractivity contribution < 1.29 is 9.47 Å². The summed E-state index contributed by atoms with van der Waals surface area (Å²) in [7, 11) is 1.74. The maximum absolute atomic E-state index is 6.26. The van der Waals surface area contributed by atoms with Gasteiger partial charge in [-0.3, -0.25) is 0 Å². The minimum atomic E-state index is 0.126. The van der Waals surface area contributed by atoms with Crippen LogP contribution in [-0.2, 0) is 4.74 Å². The monoisotopic (exact) mass is 272 g/mol. The molecule has 0 saturated carbocycles. The number of allylic oxidation sites excluding steroid dienone is 1. The van der Waals surface area contributed by atoms with Crippen molar-refractivity contribution in [2.45, 2.75) is 26.9 Å². The molecule has 1 saturated heterocycles. The van der Waals surface area contributed by atoms with Gasteiger partial charge in [0.25, 0.3) is 0 Å². The third-order valence-electron chi connectivity index (χ3n) is 5.21. The van der Waals surface area contributed by atoms with Gasteiger partial charge >= 0.3 is 0 Å². The van der Waals surface area contributed by atoms with Crippen LogP contribution in [-0.4, -0.2) is 13.7 Å². The average molecular weight is 272 g/mol. The van der Waals surface area contributed by atoms with E-state index in [-0.39, 0.29) is 6.10 Å². The van der Waals surface area contributed by atoms with Gasteiger partial charge in [-0.1, -0.05) is 43.7 Å². The quantitative estimate of drug-likeness (QED) is 0.750. The van der Waals surface area contributed by atoms with E-state index in [0.717, 1.165) is 12.4 Å². The minimum absolute atomic E-state index is 0.126. The van der Waals surface area contributed by atoms with Crippen molar-refractivity contribution in [3.8, 4) is 5.75 Å². The van der Waals surface area contributed by atoms with Crippen LogP contribution in [0.1, 0.15) is 32.4 Å². The largest absolute Gasteiger partial charge is 0.496 e. The Bertz CT molecular complexity index is 520. The topological polar surface area (TPSA) is 18.5 Å². The van der Waals surface area contributed by atoms with Gasteiger partial charge < -0.3 is 9.47 Å². The summed E-state index contributed by atoms with van der Waals surface area (Å²) < 4.78 is 11.8. The van der Waals surface area contributed by atoms with E-state index >= 15 is 0 Å². The number of fused-ring (bicyclic) bond motifs is 2. The molecule has 1 aromatic carbocycles. The predicted molar refractivity (Wildman–Crippen MR) is 80.8 cm³/mol. The minimum Gasteiger partial charge on any atom is -0.496 e. The molecule has 20 heavy (non-hydrogen) atoms. The summed E-state index contributed by atoms with van der Waals surface area (Å²) in [5.41, 5.74) is 2.66. The predicted octanol–water partition coefficient (Wildman–Crippen LogP) is 4.23. The maximum atomic E-state index is 6.26. The summed E-state index contributed by atoms with van der Waals surface area (Å²) in [4.78, 5) is 0. The van der Waals surface area contributed by atoms with Crippen molar-refractivity contribution in [2.75, 3.05) is 13.7 Å². The molecule has 1 fully saturated rings. The number of para-hydroxylation sites is 1. The smallest absolute Gasteiger partial charge is 0.124 e. The molecule has 2 nitrogen and oxygen atoms in total. The Balaban J connectivity index is 2.01. The molecule has 0 spiro atoms. The zero-order valence-electron chi connectivity index (χ0n) is 12.8. The maximum Gasteiger partial charge on any atom is 0.124 e. The van der Waals surface area contributed by atoms with Gasteiger partial charge in [0.15, 0.2) is 0 Å². The highest BCUT2D eigenvalue weighted by Crippen LogP contribution is 2.50. The lowest BCUT2D eigenvalue weighted by atomic mass is 9.64. The van der Waals surface area contributed by atoms with Gasteiger partial charge in [0.1, 0.15) is 5.75 Å². The van der Waals surface area contributed by atoms with Crippen LogP contribution in [0.5, 0.6) is 5.75 Å². The molecule has 1 aliphatic heterocycles. The van der Waals surface area contributed by atoms with Crippen molar-refractivity contribution in [2.24, 2.45) is 23.7 Å². The third-order valence-corrected chi connectivity index (χ3v) is 5.21. The van der Waals surface area contributed by atoms with Crippen molar-refractivity contribution in [3.63, 3.8) is 0 Å². The number of benzene rings is 1. The van der Waals surface area contributed by atoms with Crippen LogP contribution in [0.25, 0.3) is 0 Å². The second-order valence-electron chi connectivity index (χ2n) is 6.31. The van der Waals surface area contributed by atoms with Gasteiger partial charge in [0.05, 0.1) is 19.8 Å². The zero-order chi connectivity index (χ0) is 14.3. The fraction of sp³-hybridized carbons (Fsp3) is 0.556. The molecule has 0 amide bonds. The average Bonchev–Trinajstić information content (AvgIpc) is 2.44. The molecule has 2 bridgehead atoms. The van der Waals surface area contributed by atoms with Gasteiger partial charge in [0.2, 0.25) is 0 Å². The Labute approximate surface area is 121 Å². The highest BCUT2D eigenvalue weighted by atomic mass is 16.5. The lowest BCUT2D eigenvalue weighted by Gasteiger charge is -2.47. The number of methoxy groups -OCH3 is 1. The van der Waals surface area contributed by atoms with Crippen molar-refractivity contribution in [1.29, 1.82) is 0 Å². The molecule has 0 N–H and O–H groups in total. The first-order valence-electron chi connectivity index (χ1n) is 7.56. The Hall–Kier alpha value is -1.28. The second kappa shape index (κ2) is 5.25. The highest BCUT2D eigenvalue weighted by Gasteiger charge is 2.44. The molecule has 0 unspecified atom stereocenters. The van der Waals surface area contributed by atoms with E-state index < -0.39 is 0 Å². The van der Waals surface area contributed by atoms with E-state index in [9.17, 15) is 0 Å². The summed E-state index contributed by atoms with van der Waals surface area (Å²) in [6.07, 6.45) is 2.57. The van der Waals surface area contributed by atoms with Crippen LogP contribution in [0.15, 0.2) is 35.9 Å².